The summed E-state index contributed by atoms with van der Waals surface area (Å²) in [5, 5.41) is 6.84. The quantitative estimate of drug-likeness (QED) is 0.543. The Morgan fingerprint density at radius 2 is 2.00 bits per heavy atom. The highest BCUT2D eigenvalue weighted by Gasteiger charge is 2.34. The standard InChI is InChI=1S/C18H28BrN3O2/c1-5-18(7-6-8-18)12-22-17(20-2)21-11-13-9-14(19)16(24-4)15(10-13)23-3/h9-10H,5-8,11-12H2,1-4H3,(H2,20,21,22). The summed E-state index contributed by atoms with van der Waals surface area (Å²) in [7, 11) is 5.08. The summed E-state index contributed by atoms with van der Waals surface area (Å²) < 4.78 is 11.6. The number of nitrogens with zero attached hydrogens (tertiary/aromatic N) is 1. The Morgan fingerprint density at radius 3 is 2.50 bits per heavy atom. The average Bonchev–Trinajstić information content (AvgIpc) is 2.56. The molecule has 1 aliphatic rings. The van der Waals surface area contributed by atoms with Gasteiger partial charge in [-0.1, -0.05) is 13.3 Å². The maximum absolute atomic E-state index is 5.39. The molecule has 134 valence electrons. The van der Waals surface area contributed by atoms with Crippen LogP contribution in [-0.2, 0) is 6.54 Å². The third-order valence-electron chi connectivity index (χ3n) is 4.97. The van der Waals surface area contributed by atoms with E-state index in [1.54, 1.807) is 21.3 Å². The molecule has 0 atom stereocenters. The summed E-state index contributed by atoms with van der Waals surface area (Å²) >= 11 is 3.53. The molecule has 0 heterocycles. The van der Waals surface area contributed by atoms with Gasteiger partial charge < -0.3 is 20.1 Å². The minimum atomic E-state index is 0.462. The molecule has 1 fully saturated rings. The molecule has 24 heavy (non-hydrogen) atoms. The van der Waals surface area contributed by atoms with Crippen molar-refractivity contribution in [1.82, 2.24) is 10.6 Å². The molecule has 1 aliphatic carbocycles. The Balaban J connectivity index is 1.94. The first-order chi connectivity index (χ1) is 11.6. The van der Waals surface area contributed by atoms with Crippen LogP contribution in [0.4, 0.5) is 0 Å². The van der Waals surface area contributed by atoms with Crippen molar-refractivity contribution < 1.29 is 9.47 Å². The lowest BCUT2D eigenvalue weighted by Gasteiger charge is -2.41. The van der Waals surface area contributed by atoms with E-state index in [0.717, 1.165) is 22.5 Å². The third-order valence-corrected chi connectivity index (χ3v) is 5.56. The molecule has 0 bridgehead atoms. The van der Waals surface area contributed by atoms with Crippen LogP contribution in [0.3, 0.4) is 0 Å². The van der Waals surface area contributed by atoms with E-state index >= 15 is 0 Å². The van der Waals surface area contributed by atoms with Gasteiger partial charge in [0.1, 0.15) is 0 Å². The minimum Gasteiger partial charge on any atom is -0.493 e. The summed E-state index contributed by atoms with van der Waals surface area (Å²) in [6, 6.07) is 4.00. The van der Waals surface area contributed by atoms with Gasteiger partial charge in [0.15, 0.2) is 17.5 Å². The molecular weight excluding hydrogens is 370 g/mol. The molecule has 0 saturated heterocycles. The zero-order valence-corrected chi connectivity index (χ0v) is 16.6. The topological polar surface area (TPSA) is 54.9 Å². The third kappa shape index (κ3) is 4.35. The van der Waals surface area contributed by atoms with Gasteiger partial charge in [-0.3, -0.25) is 4.99 Å². The Bertz CT molecular complexity index is 580. The summed E-state index contributed by atoms with van der Waals surface area (Å²) in [4.78, 5) is 4.32. The molecule has 1 aromatic carbocycles. The molecule has 0 radical (unpaired) electrons. The molecule has 0 aromatic heterocycles. The summed E-state index contributed by atoms with van der Waals surface area (Å²) in [6.07, 6.45) is 5.20. The van der Waals surface area contributed by atoms with Crippen molar-refractivity contribution in [2.24, 2.45) is 10.4 Å². The molecule has 6 heteroatoms. The van der Waals surface area contributed by atoms with Gasteiger partial charge in [0, 0.05) is 20.1 Å². The van der Waals surface area contributed by atoms with Crippen molar-refractivity contribution in [2.75, 3.05) is 27.8 Å². The first kappa shape index (κ1) is 18.9. The van der Waals surface area contributed by atoms with Crippen LogP contribution in [-0.4, -0.2) is 33.8 Å². The molecular formula is C18H28BrN3O2. The Morgan fingerprint density at radius 1 is 1.25 bits per heavy atom. The van der Waals surface area contributed by atoms with Gasteiger partial charge in [0.2, 0.25) is 0 Å². The number of guanidine groups is 1. The highest BCUT2D eigenvalue weighted by atomic mass is 79.9. The van der Waals surface area contributed by atoms with E-state index in [2.05, 4.69) is 38.5 Å². The SMILES string of the molecule is CCC1(CNC(=NC)NCc2cc(Br)c(OC)c(OC)c2)CCC1. The summed E-state index contributed by atoms with van der Waals surface area (Å²) in [5.74, 6) is 2.25. The molecule has 5 nitrogen and oxygen atoms in total. The van der Waals surface area contributed by atoms with Gasteiger partial charge in [-0.05, 0) is 58.3 Å². The summed E-state index contributed by atoms with van der Waals surface area (Å²) in [5.41, 5.74) is 1.56. The van der Waals surface area contributed by atoms with Crippen LogP contribution in [0.25, 0.3) is 0 Å². The van der Waals surface area contributed by atoms with Crippen LogP contribution in [0.5, 0.6) is 11.5 Å². The monoisotopic (exact) mass is 397 g/mol. The molecule has 0 amide bonds. The number of benzene rings is 1. The van der Waals surface area contributed by atoms with E-state index < -0.39 is 0 Å². The Kier molecular flexibility index (Phi) is 6.78. The van der Waals surface area contributed by atoms with Crippen LogP contribution in [0, 0.1) is 5.41 Å². The predicted molar refractivity (Wildman–Crippen MR) is 102 cm³/mol. The number of methoxy groups -OCH3 is 2. The molecule has 1 aromatic rings. The van der Waals surface area contributed by atoms with Gasteiger partial charge in [0.05, 0.1) is 18.7 Å². The van der Waals surface area contributed by atoms with Crippen molar-refractivity contribution >= 4 is 21.9 Å². The molecule has 2 rings (SSSR count). The number of hydrogen-bond donors (Lipinski definition) is 2. The highest BCUT2D eigenvalue weighted by molar-refractivity contribution is 9.10. The number of halogens is 1. The smallest absolute Gasteiger partial charge is 0.191 e. The zero-order chi connectivity index (χ0) is 17.6. The van der Waals surface area contributed by atoms with E-state index in [0.29, 0.717) is 23.5 Å². The molecule has 0 unspecified atom stereocenters. The second kappa shape index (κ2) is 8.60. The number of ether oxygens (including phenoxy) is 2. The van der Waals surface area contributed by atoms with Crippen molar-refractivity contribution in [2.45, 2.75) is 39.2 Å². The van der Waals surface area contributed by atoms with Crippen LogP contribution >= 0.6 is 15.9 Å². The normalized spacial score (nSPS) is 16.3. The van der Waals surface area contributed by atoms with Gasteiger partial charge in [0.25, 0.3) is 0 Å². The minimum absolute atomic E-state index is 0.462. The van der Waals surface area contributed by atoms with E-state index in [4.69, 9.17) is 9.47 Å². The molecule has 0 spiro atoms. The maximum atomic E-state index is 5.39. The number of aliphatic imine (C=N–C) groups is 1. The number of nitrogens with one attached hydrogen (secondary N) is 2. The van der Waals surface area contributed by atoms with E-state index in [-0.39, 0.29) is 0 Å². The molecule has 2 N–H and O–H groups in total. The maximum Gasteiger partial charge on any atom is 0.191 e. The van der Waals surface area contributed by atoms with Crippen LogP contribution < -0.4 is 20.1 Å². The van der Waals surface area contributed by atoms with Gasteiger partial charge in [-0.2, -0.15) is 0 Å². The molecule has 0 aliphatic heterocycles. The Hall–Kier alpha value is -1.43. The lowest BCUT2D eigenvalue weighted by Crippen LogP contribution is -2.46. The Labute approximate surface area is 153 Å². The van der Waals surface area contributed by atoms with E-state index in [1.807, 2.05) is 12.1 Å². The first-order valence-electron chi connectivity index (χ1n) is 8.42. The van der Waals surface area contributed by atoms with Crippen LogP contribution in [0.1, 0.15) is 38.2 Å². The fourth-order valence-electron chi connectivity index (χ4n) is 3.08. The van der Waals surface area contributed by atoms with Crippen molar-refractivity contribution in [3.05, 3.63) is 22.2 Å². The average molecular weight is 398 g/mol. The lowest BCUT2D eigenvalue weighted by atomic mass is 9.67. The number of rotatable bonds is 7. The zero-order valence-electron chi connectivity index (χ0n) is 15.0. The second-order valence-electron chi connectivity index (χ2n) is 6.30. The van der Waals surface area contributed by atoms with Crippen molar-refractivity contribution in [3.63, 3.8) is 0 Å². The van der Waals surface area contributed by atoms with Crippen LogP contribution in [0.15, 0.2) is 21.6 Å². The van der Waals surface area contributed by atoms with E-state index in [9.17, 15) is 0 Å². The van der Waals surface area contributed by atoms with Crippen LogP contribution in [0.2, 0.25) is 0 Å². The van der Waals surface area contributed by atoms with Gasteiger partial charge in [-0.15, -0.1) is 0 Å². The predicted octanol–water partition coefficient (Wildman–Crippen LogP) is 3.71. The summed E-state index contributed by atoms with van der Waals surface area (Å²) in [6.45, 7) is 3.93. The fourth-order valence-corrected chi connectivity index (χ4v) is 3.73. The largest absolute Gasteiger partial charge is 0.493 e. The van der Waals surface area contributed by atoms with Crippen molar-refractivity contribution in [1.29, 1.82) is 0 Å². The first-order valence-corrected chi connectivity index (χ1v) is 9.21. The number of hydrogen-bond acceptors (Lipinski definition) is 3. The fraction of sp³-hybridized carbons (Fsp3) is 0.611. The van der Waals surface area contributed by atoms with E-state index in [1.165, 1.54) is 25.7 Å². The molecule has 1 saturated carbocycles. The highest BCUT2D eigenvalue weighted by Crippen LogP contribution is 2.43. The van der Waals surface area contributed by atoms with Crippen molar-refractivity contribution in [3.8, 4) is 11.5 Å². The van der Waals surface area contributed by atoms with Gasteiger partial charge >= 0.3 is 0 Å². The van der Waals surface area contributed by atoms with Gasteiger partial charge in [-0.25, -0.2) is 0 Å². The lowest BCUT2D eigenvalue weighted by molar-refractivity contribution is 0.131. The second-order valence-corrected chi connectivity index (χ2v) is 7.15.